The Labute approximate surface area is 398 Å². The number of phenolic OH excluding ortho intramolecular Hbond substituents is 2. The fourth-order valence-corrected chi connectivity index (χ4v) is 12.7. The third-order valence-electron chi connectivity index (χ3n) is 13.8. The quantitative estimate of drug-likeness (QED) is 0.0492. The number of aromatic hydroxyl groups is 2. The maximum Gasteiger partial charge on any atom is 0.161 e. The zero-order valence-electron chi connectivity index (χ0n) is 38.3. The molecule has 6 unspecified atom stereocenters. The van der Waals surface area contributed by atoms with Crippen LogP contribution in [0, 0.1) is 29.1 Å². The van der Waals surface area contributed by atoms with Crippen LogP contribution in [0.1, 0.15) is 142 Å². The van der Waals surface area contributed by atoms with Gasteiger partial charge in [-0.25, -0.2) is 0 Å². The molecule has 2 aliphatic heterocycles. The summed E-state index contributed by atoms with van der Waals surface area (Å²) in [6.07, 6.45) is 15.2. The topological polar surface area (TPSA) is 195 Å². The van der Waals surface area contributed by atoms with Crippen LogP contribution in [-0.2, 0) is 23.4 Å². The number of allylic oxidation sites excluding steroid dienone is 5. The van der Waals surface area contributed by atoms with Gasteiger partial charge in [0.15, 0.2) is 17.3 Å². The summed E-state index contributed by atoms with van der Waals surface area (Å²) < 4.78 is 6.15. The first-order valence-corrected chi connectivity index (χ1v) is 26.2. The van der Waals surface area contributed by atoms with Gasteiger partial charge in [0, 0.05) is 47.6 Å². The van der Waals surface area contributed by atoms with Crippen LogP contribution in [-0.4, -0.2) is 56.5 Å². The van der Waals surface area contributed by atoms with Crippen molar-refractivity contribution in [2.45, 2.75) is 134 Å². The molecule has 8 N–H and O–H groups in total. The SMILES string of the molecule is CCCCCC(CCC12C=CC(=O)CCc3ccc(O)c(c3)OCCc3ccc(O)c(c3)C3CC([O-])=C4C=CN=C4CC#Cc4cc(C(N)N)c(cc43)CSSCC(C1)C(O)C2)CC(C)O. The number of phenols is 2. The van der Waals surface area contributed by atoms with Gasteiger partial charge >= 0.3 is 0 Å². The van der Waals surface area contributed by atoms with Crippen molar-refractivity contribution in [3.05, 3.63) is 123 Å². The van der Waals surface area contributed by atoms with Crippen molar-refractivity contribution in [2.75, 3.05) is 12.4 Å². The normalized spacial score (nSPS) is 23.5. The van der Waals surface area contributed by atoms with Crippen molar-refractivity contribution in [1.82, 2.24) is 0 Å². The molecule has 3 aromatic carbocycles. The molecule has 7 rings (SSSR count). The zero-order valence-corrected chi connectivity index (χ0v) is 40.0. The van der Waals surface area contributed by atoms with Crippen LogP contribution >= 0.6 is 21.6 Å². The summed E-state index contributed by atoms with van der Waals surface area (Å²) in [6, 6.07) is 14.6. The van der Waals surface area contributed by atoms with Crippen molar-refractivity contribution in [2.24, 2.45) is 33.7 Å². The average molecular weight is 933 g/mol. The van der Waals surface area contributed by atoms with E-state index in [-0.39, 0.29) is 53.8 Å². The van der Waals surface area contributed by atoms with Gasteiger partial charge in [-0.05, 0) is 139 Å². The molecule has 0 aromatic heterocycles. The van der Waals surface area contributed by atoms with E-state index in [9.17, 15) is 30.3 Å². The number of aliphatic hydroxyl groups excluding tert-OH is 2. The summed E-state index contributed by atoms with van der Waals surface area (Å²) in [7, 11) is 3.36. The number of carbonyl (C=O) groups excluding carboxylic acids is 1. The van der Waals surface area contributed by atoms with E-state index in [0.717, 1.165) is 79.2 Å². The van der Waals surface area contributed by atoms with Crippen molar-refractivity contribution >= 4 is 33.1 Å². The summed E-state index contributed by atoms with van der Waals surface area (Å²) in [5.74, 6) is 7.89. The predicted octanol–water partition coefficient (Wildman–Crippen LogP) is 8.95. The van der Waals surface area contributed by atoms with E-state index in [1.807, 2.05) is 25.1 Å². The minimum absolute atomic E-state index is 0.00124. The summed E-state index contributed by atoms with van der Waals surface area (Å²) in [4.78, 5) is 18.0. The lowest BCUT2D eigenvalue weighted by Gasteiger charge is -2.29. The van der Waals surface area contributed by atoms with Crippen LogP contribution < -0.4 is 21.3 Å². The Kier molecular flexibility index (Phi) is 17.2. The molecule has 10 nitrogen and oxygen atoms in total. The molecule has 0 saturated heterocycles. The number of ether oxygens (including phenoxy) is 1. The lowest BCUT2D eigenvalue weighted by Crippen LogP contribution is -2.23. The van der Waals surface area contributed by atoms with E-state index in [2.05, 4.69) is 35.9 Å². The fourth-order valence-electron chi connectivity index (χ4n) is 10.1. The van der Waals surface area contributed by atoms with Crippen LogP contribution in [0.3, 0.4) is 0 Å². The number of nitrogens with zero attached hydrogens (tertiary/aromatic N) is 1. The van der Waals surface area contributed by atoms with Crippen molar-refractivity contribution < 1.29 is 35.1 Å². The van der Waals surface area contributed by atoms with Crippen LogP contribution in [0.5, 0.6) is 17.2 Å². The molecule has 0 amide bonds. The molecule has 6 atom stereocenters. The number of rotatable bonds is 10. The van der Waals surface area contributed by atoms with Gasteiger partial charge in [-0.1, -0.05) is 96.4 Å². The van der Waals surface area contributed by atoms with Gasteiger partial charge in [0.05, 0.1) is 37.1 Å². The Bertz CT molecular complexity index is 2400. The Morgan fingerprint density at radius 2 is 1.77 bits per heavy atom. The highest BCUT2D eigenvalue weighted by molar-refractivity contribution is 8.76. The van der Waals surface area contributed by atoms with Crippen molar-refractivity contribution in [3.63, 3.8) is 0 Å². The van der Waals surface area contributed by atoms with Gasteiger partial charge in [0.2, 0.25) is 0 Å². The first-order valence-electron chi connectivity index (χ1n) is 23.7. The number of benzene rings is 3. The van der Waals surface area contributed by atoms with Crippen molar-refractivity contribution in [3.8, 4) is 29.1 Å². The smallest absolute Gasteiger partial charge is 0.161 e. The molecule has 0 spiro atoms. The van der Waals surface area contributed by atoms with Crippen LogP contribution in [0.25, 0.3) is 0 Å². The highest BCUT2D eigenvalue weighted by Crippen LogP contribution is 2.50. The van der Waals surface area contributed by atoms with E-state index in [4.69, 9.17) is 16.2 Å². The number of aliphatic imine (C=N–C) groups is 1. The second-order valence-electron chi connectivity index (χ2n) is 18.9. The summed E-state index contributed by atoms with van der Waals surface area (Å²) in [5.41, 5.74) is 19.1. The number of hydrogen-bond donors (Lipinski definition) is 6. The Hall–Kier alpha value is -4.48. The number of carbonyl (C=O) groups is 1. The predicted molar refractivity (Wildman–Crippen MR) is 265 cm³/mol. The molecule has 12 heteroatoms. The highest BCUT2D eigenvalue weighted by Gasteiger charge is 2.43. The van der Waals surface area contributed by atoms with Crippen molar-refractivity contribution in [1.29, 1.82) is 0 Å². The number of ketones is 1. The van der Waals surface area contributed by atoms with Gasteiger partial charge in [-0.15, -0.1) is 5.76 Å². The molecule has 0 radical (unpaired) electrons. The highest BCUT2D eigenvalue weighted by atomic mass is 33.1. The maximum atomic E-state index is 14.2. The Morgan fingerprint density at radius 3 is 2.56 bits per heavy atom. The number of aliphatic hydroxyl groups is 2. The zero-order chi connectivity index (χ0) is 46.8. The molecule has 2 heterocycles. The third kappa shape index (κ3) is 12.7. The van der Waals surface area contributed by atoms with E-state index >= 15 is 0 Å². The number of aryl methyl sites for hydroxylation is 1. The molecule has 1 fully saturated rings. The first-order chi connectivity index (χ1) is 31.8. The van der Waals surface area contributed by atoms with Crippen LogP contribution in [0.2, 0.25) is 0 Å². The standard InChI is InChI=1S/C54H67N3O7S2/c1-3-4-5-7-35(24-34(2)58)16-20-54-21-17-41(59)13-10-36-12-15-49(61)52(26-36)64-23-19-37-11-14-48(60)46(25-37)45-29-50(62)42-18-22-57-47(42)9-6-8-38-27-44(53(55)56)39(28-43(38)45)32-65-66-33-40(30-54)51(63)31-54/h11-12,14-15,17-18,21-22,25-28,34-35,40,45,51,53,58,60-63H,3-5,7,9-10,13,16,19-20,23-24,29-33,55-56H2,1-2H3/p-1. The average Bonchev–Trinajstić information content (AvgIpc) is 3.89. The number of hydrogen-bond acceptors (Lipinski definition) is 12. The molecule has 2 aliphatic carbocycles. The molecular weight excluding hydrogens is 867 g/mol. The van der Waals surface area contributed by atoms with Gasteiger partial charge in [0.1, 0.15) is 5.75 Å². The van der Waals surface area contributed by atoms with E-state index in [1.54, 1.807) is 64.2 Å². The maximum absolute atomic E-state index is 14.2. The molecular formula is C54H66N3O7S2-. The molecule has 3 aromatic rings. The molecule has 66 heavy (non-hydrogen) atoms. The number of nitrogens with two attached hydrogens (primary N) is 2. The van der Waals surface area contributed by atoms with Gasteiger partial charge in [-0.3, -0.25) is 9.79 Å². The Morgan fingerprint density at radius 1 is 0.970 bits per heavy atom. The summed E-state index contributed by atoms with van der Waals surface area (Å²) in [5, 5.41) is 58.6. The van der Waals surface area contributed by atoms with Gasteiger partial charge < -0.3 is 41.7 Å². The second kappa shape index (κ2) is 23.0. The third-order valence-corrected chi connectivity index (χ3v) is 16.2. The lowest BCUT2D eigenvalue weighted by molar-refractivity contribution is -0.307. The molecule has 8 bridgehead atoms. The first kappa shape index (κ1) is 49.4. The minimum Gasteiger partial charge on any atom is -0.875 e. The van der Waals surface area contributed by atoms with Gasteiger partial charge in [-0.2, -0.15) is 0 Å². The summed E-state index contributed by atoms with van der Waals surface area (Å²) >= 11 is 0. The largest absolute Gasteiger partial charge is 0.875 e. The molecule has 352 valence electrons. The monoisotopic (exact) mass is 932 g/mol. The Balaban J connectivity index is 1.24. The fraction of sp³-hybridized carbons (Fsp3) is 0.481. The summed E-state index contributed by atoms with van der Waals surface area (Å²) in [6.45, 7) is 4.28. The minimum atomic E-state index is -0.796. The van der Waals surface area contributed by atoms with E-state index in [1.165, 1.54) is 0 Å². The lowest BCUT2D eigenvalue weighted by atomic mass is 9.76. The van der Waals surface area contributed by atoms with E-state index < -0.39 is 24.3 Å². The van der Waals surface area contributed by atoms with Crippen LogP contribution in [0.15, 0.2) is 89.3 Å². The van der Waals surface area contributed by atoms with Crippen LogP contribution in [0.4, 0.5) is 0 Å². The van der Waals surface area contributed by atoms with E-state index in [0.29, 0.717) is 71.3 Å². The number of fused-ring (bicyclic) bond motifs is 9. The number of unbranched alkanes of at least 4 members (excludes halogenated alkanes) is 2. The van der Waals surface area contributed by atoms with Gasteiger partial charge in [0.25, 0.3) is 0 Å². The molecule has 1 saturated carbocycles. The second-order valence-corrected chi connectivity index (χ2v) is 21.4. The molecule has 4 aliphatic rings.